The first kappa shape index (κ1) is 8.05. The quantitative estimate of drug-likeness (QED) is 0.610. The second kappa shape index (κ2) is 3.37. The summed E-state index contributed by atoms with van der Waals surface area (Å²) in [5, 5.41) is 2.72. The molecular formula is C9H13NO. The molecule has 0 heterocycles. The van der Waals surface area contributed by atoms with E-state index in [-0.39, 0.29) is 11.8 Å². The Morgan fingerprint density at radius 3 is 2.73 bits per heavy atom. The van der Waals surface area contributed by atoms with E-state index in [0.717, 1.165) is 12.8 Å². The van der Waals surface area contributed by atoms with Crippen molar-refractivity contribution in [2.45, 2.75) is 19.8 Å². The lowest BCUT2D eigenvalue weighted by Gasteiger charge is -2.01. The second-order valence-corrected chi connectivity index (χ2v) is 2.79. The van der Waals surface area contributed by atoms with Gasteiger partial charge in [0.15, 0.2) is 0 Å². The summed E-state index contributed by atoms with van der Waals surface area (Å²) in [7, 11) is 0. The molecular weight excluding hydrogens is 138 g/mol. The molecule has 1 rings (SSSR count). The molecule has 0 spiro atoms. The van der Waals surface area contributed by atoms with Crippen LogP contribution in [0.1, 0.15) is 19.8 Å². The van der Waals surface area contributed by atoms with Crippen LogP contribution in [0.4, 0.5) is 0 Å². The minimum absolute atomic E-state index is 0.119. The van der Waals surface area contributed by atoms with Crippen molar-refractivity contribution in [2.75, 3.05) is 0 Å². The number of nitrogens with one attached hydrogen (secondary N) is 1. The van der Waals surface area contributed by atoms with Crippen LogP contribution in [-0.2, 0) is 4.79 Å². The van der Waals surface area contributed by atoms with Gasteiger partial charge in [0.1, 0.15) is 0 Å². The monoisotopic (exact) mass is 151 g/mol. The zero-order valence-corrected chi connectivity index (χ0v) is 6.76. The van der Waals surface area contributed by atoms with Crippen molar-refractivity contribution >= 4 is 5.91 Å². The largest absolute Gasteiger partial charge is 0.326 e. The smallest absolute Gasteiger partial charge is 0.227 e. The lowest BCUT2D eigenvalue weighted by molar-refractivity contribution is -0.121. The summed E-state index contributed by atoms with van der Waals surface area (Å²) in [6, 6.07) is 0. The van der Waals surface area contributed by atoms with Crippen LogP contribution < -0.4 is 5.32 Å². The number of allylic oxidation sites excluding steroid dienone is 2. The molecule has 1 aliphatic carbocycles. The Balaban J connectivity index is 2.28. The fraction of sp³-hybridized carbons (Fsp3) is 0.444. The van der Waals surface area contributed by atoms with E-state index in [1.807, 2.05) is 13.0 Å². The van der Waals surface area contributed by atoms with Crippen LogP contribution in [-0.4, -0.2) is 5.91 Å². The van der Waals surface area contributed by atoms with Crippen LogP contribution in [0, 0.1) is 5.92 Å². The van der Waals surface area contributed by atoms with E-state index in [1.54, 1.807) is 6.08 Å². The summed E-state index contributed by atoms with van der Waals surface area (Å²) < 4.78 is 0. The molecule has 1 aliphatic rings. The van der Waals surface area contributed by atoms with Crippen LogP contribution in [0.15, 0.2) is 24.4 Å². The van der Waals surface area contributed by atoms with Crippen molar-refractivity contribution in [3.63, 3.8) is 0 Å². The summed E-state index contributed by atoms with van der Waals surface area (Å²) >= 11 is 0. The third-order valence-electron chi connectivity index (χ3n) is 1.60. The van der Waals surface area contributed by atoms with E-state index in [2.05, 4.69) is 11.9 Å². The predicted octanol–water partition coefficient (Wildman–Crippen LogP) is 1.60. The van der Waals surface area contributed by atoms with Gasteiger partial charge in [0, 0.05) is 11.6 Å². The number of carbonyl (C=O) groups excluding carboxylic acids is 1. The molecule has 0 bridgehead atoms. The highest BCUT2D eigenvalue weighted by Gasteiger charge is 2.29. The maximum Gasteiger partial charge on any atom is 0.227 e. The van der Waals surface area contributed by atoms with Gasteiger partial charge in [0.05, 0.1) is 0 Å². The number of amides is 1. The normalized spacial score (nSPS) is 16.8. The van der Waals surface area contributed by atoms with E-state index in [1.165, 1.54) is 0 Å². The van der Waals surface area contributed by atoms with Crippen molar-refractivity contribution in [1.29, 1.82) is 0 Å². The van der Waals surface area contributed by atoms with E-state index >= 15 is 0 Å². The summed E-state index contributed by atoms with van der Waals surface area (Å²) in [5.41, 5.74) is 0.685. The lowest BCUT2D eigenvalue weighted by atomic mass is 10.3. The summed E-state index contributed by atoms with van der Waals surface area (Å²) in [6.07, 6.45) is 5.72. The first-order chi connectivity index (χ1) is 5.24. The molecule has 1 saturated carbocycles. The van der Waals surface area contributed by atoms with Crippen molar-refractivity contribution in [3.8, 4) is 0 Å². The van der Waals surface area contributed by atoms with Crippen molar-refractivity contribution in [2.24, 2.45) is 5.92 Å². The Labute approximate surface area is 67.0 Å². The Hall–Kier alpha value is -1.05. The molecule has 2 nitrogen and oxygen atoms in total. The van der Waals surface area contributed by atoms with Gasteiger partial charge in [-0.3, -0.25) is 4.79 Å². The molecule has 1 amide bonds. The van der Waals surface area contributed by atoms with Crippen LogP contribution in [0.5, 0.6) is 0 Å². The number of hydrogen-bond donors (Lipinski definition) is 1. The Morgan fingerprint density at radius 1 is 1.64 bits per heavy atom. The highest BCUT2D eigenvalue weighted by molar-refractivity contribution is 5.82. The van der Waals surface area contributed by atoms with Crippen molar-refractivity contribution in [3.05, 3.63) is 24.4 Å². The number of rotatable bonds is 3. The predicted molar refractivity (Wildman–Crippen MR) is 44.8 cm³/mol. The van der Waals surface area contributed by atoms with E-state index in [9.17, 15) is 4.79 Å². The van der Waals surface area contributed by atoms with E-state index < -0.39 is 0 Å². The fourth-order valence-corrected chi connectivity index (χ4v) is 0.849. The third kappa shape index (κ3) is 2.58. The SMILES string of the molecule is C=C(/C=C\C)NC(=O)C1CC1. The Kier molecular flexibility index (Phi) is 2.47. The highest BCUT2D eigenvalue weighted by atomic mass is 16.2. The van der Waals surface area contributed by atoms with Gasteiger partial charge in [0.25, 0.3) is 0 Å². The zero-order valence-electron chi connectivity index (χ0n) is 6.76. The van der Waals surface area contributed by atoms with Crippen LogP contribution in [0.3, 0.4) is 0 Å². The number of hydrogen-bond acceptors (Lipinski definition) is 1. The minimum atomic E-state index is 0.119. The average molecular weight is 151 g/mol. The molecule has 0 aromatic heterocycles. The molecule has 11 heavy (non-hydrogen) atoms. The Bertz CT molecular complexity index is 202. The maximum absolute atomic E-state index is 11.1. The van der Waals surface area contributed by atoms with Crippen LogP contribution in [0.2, 0.25) is 0 Å². The molecule has 1 N–H and O–H groups in total. The van der Waals surface area contributed by atoms with Crippen molar-refractivity contribution in [1.82, 2.24) is 5.32 Å². The van der Waals surface area contributed by atoms with Gasteiger partial charge < -0.3 is 5.32 Å². The first-order valence-electron chi connectivity index (χ1n) is 3.86. The van der Waals surface area contributed by atoms with Gasteiger partial charge in [0.2, 0.25) is 5.91 Å². The topological polar surface area (TPSA) is 29.1 Å². The first-order valence-corrected chi connectivity index (χ1v) is 3.86. The molecule has 0 aliphatic heterocycles. The van der Waals surface area contributed by atoms with Crippen LogP contribution in [0.25, 0.3) is 0 Å². The summed E-state index contributed by atoms with van der Waals surface area (Å²) in [5.74, 6) is 0.380. The molecule has 0 saturated heterocycles. The van der Waals surface area contributed by atoms with Gasteiger partial charge in [-0.2, -0.15) is 0 Å². The van der Waals surface area contributed by atoms with Gasteiger partial charge in [-0.05, 0) is 25.8 Å². The molecule has 60 valence electrons. The van der Waals surface area contributed by atoms with Crippen molar-refractivity contribution < 1.29 is 4.79 Å². The number of carbonyl (C=O) groups is 1. The van der Waals surface area contributed by atoms with Gasteiger partial charge in [-0.1, -0.05) is 12.7 Å². The fourth-order valence-electron chi connectivity index (χ4n) is 0.849. The molecule has 2 heteroatoms. The van der Waals surface area contributed by atoms with E-state index in [4.69, 9.17) is 0 Å². The van der Waals surface area contributed by atoms with Gasteiger partial charge >= 0.3 is 0 Å². The highest BCUT2D eigenvalue weighted by Crippen LogP contribution is 2.28. The van der Waals surface area contributed by atoms with Gasteiger partial charge in [-0.25, -0.2) is 0 Å². The van der Waals surface area contributed by atoms with Crippen LogP contribution >= 0.6 is 0 Å². The Morgan fingerprint density at radius 2 is 2.27 bits per heavy atom. The average Bonchev–Trinajstić information content (AvgIpc) is 2.67. The molecule has 1 fully saturated rings. The lowest BCUT2D eigenvalue weighted by Crippen LogP contribution is -2.22. The molecule has 0 aromatic carbocycles. The molecule has 0 radical (unpaired) electrons. The molecule has 0 unspecified atom stereocenters. The van der Waals surface area contributed by atoms with E-state index in [0.29, 0.717) is 5.70 Å². The second-order valence-electron chi connectivity index (χ2n) is 2.79. The maximum atomic E-state index is 11.1. The molecule has 0 atom stereocenters. The summed E-state index contributed by atoms with van der Waals surface area (Å²) in [4.78, 5) is 11.1. The third-order valence-corrected chi connectivity index (χ3v) is 1.60. The minimum Gasteiger partial charge on any atom is -0.326 e. The summed E-state index contributed by atoms with van der Waals surface area (Å²) in [6.45, 7) is 5.57. The standard InChI is InChI=1S/C9H13NO/c1-3-4-7(2)10-9(11)8-5-6-8/h3-4,8H,2,5-6H2,1H3,(H,10,11)/b4-3-. The zero-order chi connectivity index (χ0) is 8.27. The molecule has 0 aromatic rings. The van der Waals surface area contributed by atoms with Gasteiger partial charge in [-0.15, -0.1) is 0 Å².